The lowest BCUT2D eigenvalue weighted by Crippen LogP contribution is -2.50. The van der Waals surface area contributed by atoms with Gasteiger partial charge in [0.15, 0.2) is 0 Å². The minimum Gasteiger partial charge on any atom is -0.380 e. The summed E-state index contributed by atoms with van der Waals surface area (Å²) in [4.78, 5) is 0. The maximum atomic E-state index is 5.51. The monoisotopic (exact) mass is 199 g/mol. The summed E-state index contributed by atoms with van der Waals surface area (Å²) in [5, 5.41) is 3.66. The van der Waals surface area contributed by atoms with Gasteiger partial charge in [-0.25, -0.2) is 0 Å². The van der Waals surface area contributed by atoms with E-state index >= 15 is 0 Å². The molecule has 0 bridgehead atoms. The Bertz CT molecular complexity index is 152. The van der Waals surface area contributed by atoms with E-state index in [-0.39, 0.29) is 5.54 Å². The van der Waals surface area contributed by atoms with E-state index in [1.165, 1.54) is 25.7 Å². The summed E-state index contributed by atoms with van der Waals surface area (Å²) >= 11 is 0. The van der Waals surface area contributed by atoms with Gasteiger partial charge in [0.25, 0.3) is 0 Å². The van der Waals surface area contributed by atoms with Crippen molar-refractivity contribution in [2.75, 3.05) is 19.8 Å². The normalized spacial score (nSPS) is 30.2. The fourth-order valence-electron chi connectivity index (χ4n) is 2.09. The third-order valence-corrected chi connectivity index (χ3v) is 3.10. The van der Waals surface area contributed by atoms with Gasteiger partial charge in [0.1, 0.15) is 0 Å². The van der Waals surface area contributed by atoms with E-state index in [9.17, 15) is 0 Å². The van der Waals surface area contributed by atoms with Crippen LogP contribution in [0, 0.1) is 5.92 Å². The molecule has 1 aliphatic heterocycles. The van der Waals surface area contributed by atoms with Crippen molar-refractivity contribution in [3.05, 3.63) is 0 Å². The second-order valence-corrected chi connectivity index (χ2v) is 4.99. The van der Waals surface area contributed by atoms with Crippen LogP contribution in [0.15, 0.2) is 0 Å². The topological polar surface area (TPSA) is 21.3 Å². The first-order valence-electron chi connectivity index (χ1n) is 5.99. The Balaban J connectivity index is 2.21. The number of ether oxygens (including phenoxy) is 1. The number of hydrogen-bond donors (Lipinski definition) is 1. The summed E-state index contributed by atoms with van der Waals surface area (Å²) in [7, 11) is 0. The van der Waals surface area contributed by atoms with Crippen molar-refractivity contribution in [1.29, 1.82) is 0 Å². The largest absolute Gasteiger partial charge is 0.380 e. The highest BCUT2D eigenvalue weighted by molar-refractivity contribution is 4.85. The molecule has 2 nitrogen and oxygen atoms in total. The molecular formula is C12H25NO. The van der Waals surface area contributed by atoms with Crippen molar-refractivity contribution >= 4 is 0 Å². The lowest BCUT2D eigenvalue weighted by Gasteiger charge is -2.35. The second kappa shape index (κ2) is 5.72. The summed E-state index contributed by atoms with van der Waals surface area (Å²) in [6, 6.07) is 0. The molecular weight excluding hydrogens is 174 g/mol. The van der Waals surface area contributed by atoms with Gasteiger partial charge in [-0.3, -0.25) is 0 Å². The molecule has 1 N–H and O–H groups in total. The van der Waals surface area contributed by atoms with Gasteiger partial charge in [-0.2, -0.15) is 0 Å². The minimum absolute atomic E-state index is 0.236. The van der Waals surface area contributed by atoms with Gasteiger partial charge in [-0.1, -0.05) is 20.3 Å². The van der Waals surface area contributed by atoms with Crippen molar-refractivity contribution in [3.63, 3.8) is 0 Å². The van der Waals surface area contributed by atoms with Crippen LogP contribution in [0.3, 0.4) is 0 Å². The lowest BCUT2D eigenvalue weighted by atomic mass is 9.93. The smallest absolute Gasteiger partial charge is 0.0645 e. The van der Waals surface area contributed by atoms with Crippen LogP contribution in [-0.4, -0.2) is 25.3 Å². The third kappa shape index (κ3) is 3.97. The molecule has 2 atom stereocenters. The van der Waals surface area contributed by atoms with Gasteiger partial charge in [0.05, 0.1) is 6.61 Å². The zero-order valence-electron chi connectivity index (χ0n) is 9.94. The summed E-state index contributed by atoms with van der Waals surface area (Å²) in [5.74, 6) is 0.791. The molecule has 0 radical (unpaired) electrons. The fraction of sp³-hybridized carbons (Fsp3) is 1.00. The van der Waals surface area contributed by atoms with Gasteiger partial charge in [-0.15, -0.1) is 0 Å². The molecule has 0 spiro atoms. The molecule has 0 aliphatic carbocycles. The Hall–Kier alpha value is -0.0800. The zero-order valence-corrected chi connectivity index (χ0v) is 9.94. The minimum atomic E-state index is 0.236. The molecule has 14 heavy (non-hydrogen) atoms. The Kier molecular flexibility index (Phi) is 4.90. The van der Waals surface area contributed by atoms with Crippen molar-refractivity contribution in [2.45, 2.75) is 52.0 Å². The van der Waals surface area contributed by atoms with E-state index in [1.54, 1.807) is 0 Å². The van der Waals surface area contributed by atoms with Gasteiger partial charge in [0, 0.05) is 12.1 Å². The van der Waals surface area contributed by atoms with Crippen LogP contribution in [0.1, 0.15) is 46.5 Å². The summed E-state index contributed by atoms with van der Waals surface area (Å²) in [6.07, 6.45) is 5.07. The molecule has 0 aromatic carbocycles. The highest BCUT2D eigenvalue weighted by atomic mass is 16.5. The van der Waals surface area contributed by atoms with Crippen LogP contribution in [-0.2, 0) is 4.74 Å². The highest BCUT2D eigenvalue weighted by Crippen LogP contribution is 2.18. The quantitative estimate of drug-likeness (QED) is 0.735. The van der Waals surface area contributed by atoms with Crippen molar-refractivity contribution in [2.24, 2.45) is 5.92 Å². The van der Waals surface area contributed by atoms with Crippen LogP contribution in [0.5, 0.6) is 0 Å². The highest BCUT2D eigenvalue weighted by Gasteiger charge is 2.26. The van der Waals surface area contributed by atoms with E-state index in [0.29, 0.717) is 0 Å². The predicted octanol–water partition coefficient (Wildman–Crippen LogP) is 2.58. The summed E-state index contributed by atoms with van der Waals surface area (Å²) in [5.41, 5.74) is 0.236. The van der Waals surface area contributed by atoms with Crippen LogP contribution in [0.2, 0.25) is 0 Å². The first-order valence-corrected chi connectivity index (χ1v) is 5.99. The van der Waals surface area contributed by atoms with E-state index in [1.807, 2.05) is 0 Å². The third-order valence-electron chi connectivity index (χ3n) is 3.10. The molecule has 2 heteroatoms. The Labute approximate surface area is 88.4 Å². The zero-order chi connectivity index (χ0) is 10.4. The van der Waals surface area contributed by atoms with Crippen LogP contribution in [0.4, 0.5) is 0 Å². The molecule has 1 fully saturated rings. The average Bonchev–Trinajstić information content (AvgIpc) is 2.17. The second-order valence-electron chi connectivity index (χ2n) is 4.99. The SMILES string of the molecule is CCCC(C)CNC1(C)CCCOC1. The molecule has 0 aromatic heterocycles. The molecule has 84 valence electrons. The Morgan fingerprint density at radius 2 is 2.29 bits per heavy atom. The molecule has 1 rings (SSSR count). The number of nitrogens with one attached hydrogen (secondary N) is 1. The van der Waals surface area contributed by atoms with Crippen molar-refractivity contribution in [3.8, 4) is 0 Å². The molecule has 1 heterocycles. The van der Waals surface area contributed by atoms with E-state index in [0.717, 1.165) is 25.7 Å². The standard InChI is InChI=1S/C12H25NO/c1-4-6-11(2)9-13-12(3)7-5-8-14-10-12/h11,13H,4-10H2,1-3H3. The molecule has 0 amide bonds. The van der Waals surface area contributed by atoms with Crippen LogP contribution in [0.25, 0.3) is 0 Å². The van der Waals surface area contributed by atoms with Gasteiger partial charge in [0.2, 0.25) is 0 Å². The number of rotatable bonds is 5. The maximum Gasteiger partial charge on any atom is 0.0645 e. The average molecular weight is 199 g/mol. The van der Waals surface area contributed by atoms with Gasteiger partial charge < -0.3 is 10.1 Å². The Morgan fingerprint density at radius 1 is 1.50 bits per heavy atom. The van der Waals surface area contributed by atoms with E-state index in [4.69, 9.17) is 4.74 Å². The first-order chi connectivity index (χ1) is 6.66. The molecule has 1 saturated heterocycles. The van der Waals surface area contributed by atoms with E-state index < -0.39 is 0 Å². The van der Waals surface area contributed by atoms with Gasteiger partial charge >= 0.3 is 0 Å². The summed E-state index contributed by atoms with van der Waals surface area (Å²) < 4.78 is 5.51. The van der Waals surface area contributed by atoms with Gasteiger partial charge in [-0.05, 0) is 38.6 Å². The molecule has 2 unspecified atom stereocenters. The van der Waals surface area contributed by atoms with E-state index in [2.05, 4.69) is 26.1 Å². The Morgan fingerprint density at radius 3 is 2.86 bits per heavy atom. The molecule has 0 aromatic rings. The fourth-order valence-corrected chi connectivity index (χ4v) is 2.09. The van der Waals surface area contributed by atoms with Crippen molar-refractivity contribution in [1.82, 2.24) is 5.32 Å². The maximum absolute atomic E-state index is 5.51. The molecule has 1 aliphatic rings. The summed E-state index contributed by atoms with van der Waals surface area (Å²) in [6.45, 7) is 9.82. The number of hydrogen-bond acceptors (Lipinski definition) is 2. The van der Waals surface area contributed by atoms with Crippen LogP contribution < -0.4 is 5.32 Å². The predicted molar refractivity (Wildman–Crippen MR) is 60.5 cm³/mol. The first kappa shape index (κ1) is 12.0. The lowest BCUT2D eigenvalue weighted by molar-refractivity contribution is 0.0270. The molecule has 0 saturated carbocycles. The van der Waals surface area contributed by atoms with Crippen LogP contribution >= 0.6 is 0 Å². The van der Waals surface area contributed by atoms with Crippen molar-refractivity contribution < 1.29 is 4.74 Å².